The molecule has 1 aliphatic carbocycles. The summed E-state index contributed by atoms with van der Waals surface area (Å²) < 4.78 is 19.2. The Morgan fingerprint density at radius 1 is 1.33 bits per heavy atom. The van der Waals surface area contributed by atoms with Gasteiger partial charge in [0.2, 0.25) is 5.95 Å². The summed E-state index contributed by atoms with van der Waals surface area (Å²) in [4.78, 5) is 8.76. The summed E-state index contributed by atoms with van der Waals surface area (Å²) in [5.41, 5.74) is 7.66. The zero-order valence-electron chi connectivity index (χ0n) is 13.4. The van der Waals surface area contributed by atoms with Crippen molar-refractivity contribution < 1.29 is 10.6 Å². The minimum absolute atomic E-state index is 0. The number of nitrogen functional groups attached to an aromatic ring is 1. The lowest BCUT2D eigenvalue weighted by Gasteiger charge is -2.05. The molecule has 1 fully saturated rings. The number of halogens is 1. The molecule has 1 saturated carbocycles. The molecule has 6 heteroatoms. The van der Waals surface area contributed by atoms with Crippen molar-refractivity contribution in [1.29, 1.82) is 0 Å². The Morgan fingerprint density at radius 3 is 2.79 bits per heavy atom. The van der Waals surface area contributed by atoms with Gasteiger partial charge < -0.3 is 10.5 Å². The van der Waals surface area contributed by atoms with Crippen LogP contribution in [0.1, 0.15) is 26.3 Å². The number of nitrogens with zero attached hydrogens (tertiary/aromatic N) is 3. The molecule has 0 radical (unpaired) electrons. The van der Waals surface area contributed by atoms with E-state index in [0.717, 1.165) is 24.2 Å². The predicted octanol–water partition coefficient (Wildman–Crippen LogP) is 3.14. The number of benzene rings is 1. The normalized spacial score (nSPS) is 15.1. The minimum Gasteiger partial charge on any atom is -0.493 e. The van der Waals surface area contributed by atoms with Crippen LogP contribution in [0.5, 0.6) is 5.75 Å². The predicted molar refractivity (Wildman–Crippen MR) is 95.1 cm³/mol. The first kappa shape index (κ1) is 16.2. The van der Waals surface area contributed by atoms with Gasteiger partial charge in [-0.3, -0.25) is 13.9 Å². The maximum absolute atomic E-state index is 12.0. The minimum atomic E-state index is -0.361. The van der Waals surface area contributed by atoms with E-state index in [0.29, 0.717) is 30.5 Å². The molecule has 128 valence electrons. The van der Waals surface area contributed by atoms with Gasteiger partial charge in [-0.05, 0) is 42.7 Å². The van der Waals surface area contributed by atoms with Gasteiger partial charge in [-0.15, -0.1) is 0 Å². The van der Waals surface area contributed by atoms with Crippen molar-refractivity contribution in [3.63, 3.8) is 0 Å². The van der Waals surface area contributed by atoms with Gasteiger partial charge >= 0.3 is 0 Å². The lowest BCUT2D eigenvalue weighted by Crippen LogP contribution is -2.15. The Kier molecular flexibility index (Phi) is 5.25. The number of aromatic nitrogens is 2. The average molecular weight is 330 g/mol. The molecule has 0 bridgehead atoms. The number of hydrogen-bond acceptors (Lipinski definition) is 4. The third-order valence-electron chi connectivity index (χ3n) is 3.59. The van der Waals surface area contributed by atoms with Gasteiger partial charge in [0.05, 0.1) is 19.3 Å². The van der Waals surface area contributed by atoms with Gasteiger partial charge in [-0.1, -0.05) is 12.1 Å². The lowest BCUT2D eigenvalue weighted by molar-refractivity contribution is 0.289. The molecule has 2 N–H and O–H groups in total. The van der Waals surface area contributed by atoms with Crippen molar-refractivity contribution >= 4 is 18.2 Å². The van der Waals surface area contributed by atoms with Crippen LogP contribution in [0.3, 0.4) is 0 Å². The van der Waals surface area contributed by atoms with Crippen LogP contribution < -0.4 is 16.0 Å². The molecule has 0 saturated heterocycles. The quantitative estimate of drug-likeness (QED) is 0.793. The van der Waals surface area contributed by atoms with Crippen molar-refractivity contribution in [2.75, 3.05) is 19.0 Å². The lowest BCUT2D eigenvalue weighted by atomic mass is 10.2. The van der Waals surface area contributed by atoms with Crippen molar-refractivity contribution in [2.24, 2.45) is 4.99 Å². The molecule has 5 nitrogen and oxygen atoms in total. The molecule has 1 aromatic carbocycles. The number of anilines is 1. The molecule has 0 spiro atoms. The second kappa shape index (κ2) is 7.77. The summed E-state index contributed by atoms with van der Waals surface area (Å²) >= 11 is 0. The molecule has 3 rings (SSSR count). The smallest absolute Gasteiger partial charge is 0.206 e. The zero-order valence-corrected chi connectivity index (χ0v) is 13.4. The van der Waals surface area contributed by atoms with Crippen molar-refractivity contribution in [3.8, 4) is 5.75 Å². The molecular weight excluding hydrogens is 307 g/mol. The molecule has 1 aromatic heterocycles. The van der Waals surface area contributed by atoms with E-state index in [-0.39, 0.29) is 8.10 Å². The summed E-state index contributed by atoms with van der Waals surface area (Å²) in [5.74, 6) is 1.14. The second-order valence-corrected chi connectivity index (χ2v) is 5.69. The van der Waals surface area contributed by atoms with E-state index in [1.54, 1.807) is 4.57 Å². The number of ether oxygens (including phenoxy) is 1. The van der Waals surface area contributed by atoms with Crippen LogP contribution in [0.4, 0.5) is 10.3 Å². The summed E-state index contributed by atoms with van der Waals surface area (Å²) in [6, 6.07) is 9.88. The van der Waals surface area contributed by atoms with Crippen molar-refractivity contribution in [2.45, 2.75) is 25.3 Å². The van der Waals surface area contributed by atoms with Crippen LogP contribution in [-0.2, 0) is 0 Å². The maximum Gasteiger partial charge on any atom is 0.206 e. The number of hydrogen-bond donors (Lipinski definition) is 1. The van der Waals surface area contributed by atoms with Crippen LogP contribution in [0.25, 0.3) is 12.3 Å². The molecule has 0 amide bonds. The molecule has 24 heavy (non-hydrogen) atoms. The van der Waals surface area contributed by atoms with Crippen molar-refractivity contribution in [1.82, 2.24) is 9.55 Å². The fraction of sp³-hybridized carbons (Fsp3) is 0.333. The van der Waals surface area contributed by atoms with Crippen molar-refractivity contribution in [3.05, 3.63) is 47.6 Å². The van der Waals surface area contributed by atoms with E-state index in [4.69, 9.17) is 10.5 Å². The molecular formula is C18H23FN4O. The van der Waals surface area contributed by atoms with Gasteiger partial charge in [0.15, 0.2) is 5.49 Å². The summed E-state index contributed by atoms with van der Waals surface area (Å²) in [5, 5.41) is 0. The Labute approximate surface area is 141 Å². The maximum atomic E-state index is 12.0. The monoisotopic (exact) mass is 330 g/mol. The molecule has 0 unspecified atom stereocenters. The highest BCUT2D eigenvalue weighted by Crippen LogP contribution is 2.22. The zero-order chi connectivity index (χ0) is 16.8. The van der Waals surface area contributed by atoms with Gasteiger partial charge in [0, 0.05) is 20.2 Å². The van der Waals surface area contributed by atoms with E-state index in [2.05, 4.69) is 9.98 Å². The van der Waals surface area contributed by atoms with E-state index in [1.807, 2.05) is 48.8 Å². The summed E-state index contributed by atoms with van der Waals surface area (Å²) in [6.07, 6.45) is 8.33. The third-order valence-corrected chi connectivity index (χ3v) is 3.59. The highest BCUT2D eigenvalue weighted by molar-refractivity contribution is 5.62. The highest BCUT2D eigenvalue weighted by Gasteiger charge is 2.19. The molecule has 1 heterocycles. The van der Waals surface area contributed by atoms with Gasteiger partial charge in [-0.2, -0.15) is 4.98 Å². The first-order valence-corrected chi connectivity index (χ1v) is 8.10. The van der Waals surface area contributed by atoms with E-state index in [9.17, 15) is 4.39 Å². The van der Waals surface area contributed by atoms with Gasteiger partial charge in [0.1, 0.15) is 5.75 Å². The highest BCUT2D eigenvalue weighted by atomic mass is 19.1. The molecule has 0 atom stereocenters. The fourth-order valence-electron chi connectivity index (χ4n) is 2.11. The Bertz CT molecular complexity index is 769. The number of alkyl halides is 1. The van der Waals surface area contributed by atoms with E-state index in [1.165, 1.54) is 0 Å². The van der Waals surface area contributed by atoms with Crippen LogP contribution >= 0.6 is 0 Å². The Balaban J connectivity index is 0.00000225. The average Bonchev–Trinajstić information content (AvgIpc) is 3.40. The largest absolute Gasteiger partial charge is 0.493 e. The Hall–Kier alpha value is -2.63. The second-order valence-electron chi connectivity index (χ2n) is 5.69. The van der Waals surface area contributed by atoms with E-state index < -0.39 is 0 Å². The topological polar surface area (TPSA) is 65.4 Å². The summed E-state index contributed by atoms with van der Waals surface area (Å²) in [6.45, 7) is 0.0300. The van der Waals surface area contributed by atoms with Crippen LogP contribution in [0, 0.1) is 0 Å². The first-order valence-electron chi connectivity index (χ1n) is 8.10. The van der Waals surface area contributed by atoms with Crippen LogP contribution in [-0.4, -0.2) is 28.9 Å². The molecule has 0 aliphatic heterocycles. The van der Waals surface area contributed by atoms with Crippen LogP contribution in [0.15, 0.2) is 41.5 Å². The standard InChI is InChI=1S/C18H21FN4O.H2/c19-10-1-13-24-16-6-2-14(3-7-16)8-11-23-12-9-17(22-18(23)20)21-15-4-5-15;/h2-3,6-9,11-12,15H,1,4-5,10,13H2,(H2,20,21,22);1H/b11-8+;. The summed E-state index contributed by atoms with van der Waals surface area (Å²) in [7, 11) is 0. The Morgan fingerprint density at radius 2 is 2.12 bits per heavy atom. The SMILES string of the molecule is Nc1nc(=NC2CC2)ccn1/C=C/c1ccc(OCCCF)cc1.[HH]. The number of rotatable bonds is 7. The first-order chi connectivity index (χ1) is 11.7. The van der Waals surface area contributed by atoms with Gasteiger partial charge in [0.25, 0.3) is 0 Å². The molecule has 1 aliphatic rings. The third kappa shape index (κ3) is 4.68. The number of nitrogens with two attached hydrogens (primary N) is 1. The fourth-order valence-corrected chi connectivity index (χ4v) is 2.11. The van der Waals surface area contributed by atoms with Gasteiger partial charge in [-0.25, -0.2) is 0 Å². The van der Waals surface area contributed by atoms with Crippen LogP contribution in [0.2, 0.25) is 0 Å². The molecule has 2 aromatic rings. The van der Waals surface area contributed by atoms with E-state index >= 15 is 0 Å².